The van der Waals surface area contributed by atoms with E-state index in [-0.39, 0.29) is 18.5 Å². The van der Waals surface area contributed by atoms with Gasteiger partial charge in [-0.1, -0.05) is 18.3 Å². The smallest absolute Gasteiger partial charge is 0.128 e. The standard InChI is InChI=1S/C15H18FNO/c16-13-9-12(5-4-8-17)10-15(11-13)18-14-6-2-1-3-7-14/h9-11,14H,1-3,6-8,17H2. The fourth-order valence-corrected chi connectivity index (χ4v) is 2.23. The highest BCUT2D eigenvalue weighted by Crippen LogP contribution is 2.24. The topological polar surface area (TPSA) is 35.2 Å². The summed E-state index contributed by atoms with van der Waals surface area (Å²) in [6.45, 7) is 0.273. The van der Waals surface area contributed by atoms with Crippen LogP contribution in [0.2, 0.25) is 0 Å². The van der Waals surface area contributed by atoms with Crippen molar-refractivity contribution in [3.8, 4) is 17.6 Å². The Kier molecular flexibility index (Phi) is 4.60. The SMILES string of the molecule is NCC#Cc1cc(F)cc(OC2CCCCC2)c1. The molecule has 0 saturated heterocycles. The van der Waals surface area contributed by atoms with Crippen LogP contribution < -0.4 is 10.5 Å². The van der Waals surface area contributed by atoms with Gasteiger partial charge in [-0.05, 0) is 37.8 Å². The van der Waals surface area contributed by atoms with Crippen molar-refractivity contribution in [2.24, 2.45) is 5.73 Å². The van der Waals surface area contributed by atoms with E-state index in [9.17, 15) is 4.39 Å². The van der Waals surface area contributed by atoms with Crippen molar-refractivity contribution in [3.63, 3.8) is 0 Å². The van der Waals surface area contributed by atoms with Gasteiger partial charge >= 0.3 is 0 Å². The quantitative estimate of drug-likeness (QED) is 0.816. The number of nitrogens with two attached hydrogens (primary N) is 1. The number of hydrogen-bond acceptors (Lipinski definition) is 2. The zero-order valence-electron chi connectivity index (χ0n) is 10.4. The van der Waals surface area contributed by atoms with Gasteiger partial charge < -0.3 is 10.5 Å². The van der Waals surface area contributed by atoms with Crippen LogP contribution >= 0.6 is 0 Å². The lowest BCUT2D eigenvalue weighted by Crippen LogP contribution is -2.19. The van der Waals surface area contributed by atoms with Gasteiger partial charge in [-0.25, -0.2) is 4.39 Å². The van der Waals surface area contributed by atoms with E-state index >= 15 is 0 Å². The van der Waals surface area contributed by atoms with E-state index in [4.69, 9.17) is 10.5 Å². The van der Waals surface area contributed by atoms with Crippen LogP contribution in [0.15, 0.2) is 18.2 Å². The van der Waals surface area contributed by atoms with Gasteiger partial charge in [-0.3, -0.25) is 0 Å². The predicted molar refractivity (Wildman–Crippen MR) is 69.8 cm³/mol. The molecule has 1 aliphatic carbocycles. The summed E-state index contributed by atoms with van der Waals surface area (Å²) in [5.74, 6) is 5.80. The van der Waals surface area contributed by atoms with Gasteiger partial charge in [0.2, 0.25) is 0 Å². The number of rotatable bonds is 2. The first-order chi connectivity index (χ1) is 8.78. The normalized spacial score (nSPS) is 15.9. The molecule has 0 bridgehead atoms. The van der Waals surface area contributed by atoms with Crippen molar-refractivity contribution in [1.82, 2.24) is 0 Å². The fourth-order valence-electron chi connectivity index (χ4n) is 2.23. The van der Waals surface area contributed by atoms with Gasteiger partial charge in [0.1, 0.15) is 11.6 Å². The highest BCUT2D eigenvalue weighted by molar-refractivity contribution is 5.40. The Balaban J connectivity index is 2.09. The number of hydrogen-bond donors (Lipinski definition) is 1. The molecular weight excluding hydrogens is 229 g/mol. The molecule has 2 rings (SSSR count). The lowest BCUT2D eigenvalue weighted by molar-refractivity contribution is 0.154. The maximum absolute atomic E-state index is 13.4. The van der Waals surface area contributed by atoms with Gasteiger partial charge in [0.15, 0.2) is 0 Å². The molecular formula is C15H18FNO. The van der Waals surface area contributed by atoms with Gasteiger partial charge in [-0.15, -0.1) is 0 Å². The molecule has 0 aromatic heterocycles. The Morgan fingerprint density at radius 3 is 2.72 bits per heavy atom. The molecule has 2 nitrogen and oxygen atoms in total. The van der Waals surface area contributed by atoms with E-state index in [0.717, 1.165) is 12.8 Å². The van der Waals surface area contributed by atoms with Gasteiger partial charge in [0.25, 0.3) is 0 Å². The molecule has 1 fully saturated rings. The molecule has 0 radical (unpaired) electrons. The van der Waals surface area contributed by atoms with E-state index in [1.54, 1.807) is 6.07 Å². The van der Waals surface area contributed by atoms with Crippen molar-refractivity contribution in [2.45, 2.75) is 38.2 Å². The Labute approximate surface area is 107 Å². The average molecular weight is 247 g/mol. The summed E-state index contributed by atoms with van der Waals surface area (Å²) >= 11 is 0. The molecule has 0 aliphatic heterocycles. The van der Waals surface area contributed by atoms with Crippen LogP contribution in [-0.2, 0) is 0 Å². The minimum Gasteiger partial charge on any atom is -0.490 e. The van der Waals surface area contributed by atoms with Crippen LogP contribution in [0, 0.1) is 17.7 Å². The van der Waals surface area contributed by atoms with Crippen LogP contribution in [0.25, 0.3) is 0 Å². The number of benzene rings is 1. The zero-order chi connectivity index (χ0) is 12.8. The highest BCUT2D eigenvalue weighted by atomic mass is 19.1. The number of halogens is 1. The minimum absolute atomic E-state index is 0.218. The van der Waals surface area contributed by atoms with Gasteiger partial charge in [0.05, 0.1) is 12.6 Å². The third kappa shape index (κ3) is 3.75. The van der Waals surface area contributed by atoms with Crippen molar-refractivity contribution in [1.29, 1.82) is 0 Å². The maximum atomic E-state index is 13.4. The first-order valence-corrected chi connectivity index (χ1v) is 6.44. The summed E-state index contributed by atoms with van der Waals surface area (Å²) in [4.78, 5) is 0. The Bertz CT molecular complexity index is 455. The molecule has 18 heavy (non-hydrogen) atoms. The van der Waals surface area contributed by atoms with Gasteiger partial charge in [0, 0.05) is 11.6 Å². The van der Waals surface area contributed by atoms with Gasteiger partial charge in [-0.2, -0.15) is 0 Å². The van der Waals surface area contributed by atoms with Crippen LogP contribution in [0.3, 0.4) is 0 Å². The lowest BCUT2D eigenvalue weighted by Gasteiger charge is -2.23. The summed E-state index contributed by atoms with van der Waals surface area (Å²) in [5, 5.41) is 0. The third-order valence-corrected chi connectivity index (χ3v) is 3.06. The van der Waals surface area contributed by atoms with Crippen LogP contribution in [0.4, 0.5) is 4.39 Å². The summed E-state index contributed by atoms with van der Waals surface area (Å²) in [6, 6.07) is 4.60. The number of ether oxygens (including phenoxy) is 1. The first-order valence-electron chi connectivity index (χ1n) is 6.44. The average Bonchev–Trinajstić information content (AvgIpc) is 2.37. The largest absolute Gasteiger partial charge is 0.490 e. The second-order valence-corrected chi connectivity index (χ2v) is 4.56. The first kappa shape index (κ1) is 12.9. The molecule has 0 atom stereocenters. The summed E-state index contributed by atoms with van der Waals surface area (Å²) in [5.41, 5.74) is 5.92. The molecule has 96 valence electrons. The Morgan fingerprint density at radius 1 is 1.22 bits per heavy atom. The van der Waals surface area contributed by atoms with E-state index in [2.05, 4.69) is 11.8 Å². The molecule has 0 amide bonds. The third-order valence-electron chi connectivity index (χ3n) is 3.06. The van der Waals surface area contributed by atoms with Crippen LogP contribution in [0.5, 0.6) is 5.75 Å². The minimum atomic E-state index is -0.315. The van der Waals surface area contributed by atoms with E-state index in [1.807, 2.05) is 0 Å². The van der Waals surface area contributed by atoms with Crippen molar-refractivity contribution >= 4 is 0 Å². The van der Waals surface area contributed by atoms with Crippen LogP contribution in [0.1, 0.15) is 37.7 Å². The van der Waals surface area contributed by atoms with Crippen molar-refractivity contribution in [2.75, 3.05) is 6.54 Å². The predicted octanol–water partition coefficient (Wildman–Crippen LogP) is 2.85. The maximum Gasteiger partial charge on any atom is 0.128 e. The molecule has 1 aromatic rings. The summed E-state index contributed by atoms with van der Waals surface area (Å²) in [6.07, 6.45) is 5.99. The fraction of sp³-hybridized carbons (Fsp3) is 0.467. The molecule has 1 aromatic carbocycles. The van der Waals surface area contributed by atoms with E-state index in [1.165, 1.54) is 31.4 Å². The molecule has 0 heterocycles. The van der Waals surface area contributed by atoms with E-state index < -0.39 is 0 Å². The molecule has 1 aliphatic rings. The second kappa shape index (κ2) is 6.42. The summed E-state index contributed by atoms with van der Waals surface area (Å²) < 4.78 is 19.2. The van der Waals surface area contributed by atoms with Crippen molar-refractivity contribution in [3.05, 3.63) is 29.6 Å². The molecule has 3 heteroatoms. The second-order valence-electron chi connectivity index (χ2n) is 4.56. The molecule has 0 unspecified atom stereocenters. The Morgan fingerprint density at radius 2 is 2.00 bits per heavy atom. The molecule has 1 saturated carbocycles. The lowest BCUT2D eigenvalue weighted by atomic mass is 9.98. The summed E-state index contributed by atoms with van der Waals surface area (Å²) in [7, 11) is 0. The Hall–Kier alpha value is -1.53. The molecule has 2 N–H and O–H groups in total. The van der Waals surface area contributed by atoms with Crippen molar-refractivity contribution < 1.29 is 9.13 Å². The van der Waals surface area contributed by atoms with Crippen LogP contribution in [-0.4, -0.2) is 12.6 Å². The van der Waals surface area contributed by atoms with E-state index in [0.29, 0.717) is 11.3 Å². The monoisotopic (exact) mass is 247 g/mol. The molecule has 0 spiro atoms. The zero-order valence-corrected chi connectivity index (χ0v) is 10.4. The highest BCUT2D eigenvalue weighted by Gasteiger charge is 2.15.